The molecule has 19 heavy (non-hydrogen) atoms. The molecule has 1 fully saturated rings. The fourth-order valence-electron chi connectivity index (χ4n) is 3.09. The zero-order valence-electron chi connectivity index (χ0n) is 12.4. The number of hydrogen-bond acceptors (Lipinski definition) is 3. The van der Waals surface area contributed by atoms with Gasteiger partial charge in [-0.1, -0.05) is 26.7 Å². The van der Waals surface area contributed by atoms with E-state index in [2.05, 4.69) is 30.2 Å². The smallest absolute Gasteiger partial charge is 0.137 e. The number of ether oxygens (including phenoxy) is 1. The SMILES string of the molecule is CCOc1cncc(C2(C(C)C)CCCCCN2)c1. The Labute approximate surface area is 116 Å². The topological polar surface area (TPSA) is 34.1 Å². The lowest BCUT2D eigenvalue weighted by Crippen LogP contribution is -2.46. The third-order valence-electron chi connectivity index (χ3n) is 4.21. The van der Waals surface area contributed by atoms with Crippen molar-refractivity contribution in [3.63, 3.8) is 0 Å². The number of pyridine rings is 1. The summed E-state index contributed by atoms with van der Waals surface area (Å²) < 4.78 is 5.60. The molecule has 0 saturated carbocycles. The summed E-state index contributed by atoms with van der Waals surface area (Å²) in [7, 11) is 0. The van der Waals surface area contributed by atoms with E-state index in [1.807, 2.05) is 13.1 Å². The summed E-state index contributed by atoms with van der Waals surface area (Å²) in [5.74, 6) is 1.43. The fraction of sp³-hybridized carbons (Fsp3) is 0.688. The molecular weight excluding hydrogens is 236 g/mol. The molecule has 1 aromatic rings. The van der Waals surface area contributed by atoms with Crippen LogP contribution in [0.25, 0.3) is 0 Å². The molecule has 0 amide bonds. The van der Waals surface area contributed by atoms with Crippen LogP contribution < -0.4 is 10.1 Å². The summed E-state index contributed by atoms with van der Waals surface area (Å²) in [5, 5.41) is 3.78. The fourth-order valence-corrected chi connectivity index (χ4v) is 3.09. The van der Waals surface area contributed by atoms with Crippen molar-refractivity contribution >= 4 is 0 Å². The standard InChI is InChI=1S/C16H26N2O/c1-4-19-15-10-14(11-17-12-15)16(13(2)3)8-6-5-7-9-18-16/h10-13,18H,4-9H2,1-3H3. The second-order valence-electron chi connectivity index (χ2n) is 5.71. The normalized spacial score (nSPS) is 24.2. The molecule has 1 unspecified atom stereocenters. The molecule has 3 heteroatoms. The van der Waals surface area contributed by atoms with E-state index in [0.29, 0.717) is 12.5 Å². The third-order valence-corrected chi connectivity index (χ3v) is 4.21. The first kappa shape index (κ1) is 14.3. The monoisotopic (exact) mass is 262 g/mol. The van der Waals surface area contributed by atoms with Crippen LogP contribution in [0, 0.1) is 5.92 Å². The molecule has 106 valence electrons. The lowest BCUT2D eigenvalue weighted by molar-refractivity contribution is 0.228. The summed E-state index contributed by atoms with van der Waals surface area (Å²) in [6.45, 7) is 8.39. The molecule has 1 aromatic heterocycles. The Hall–Kier alpha value is -1.09. The van der Waals surface area contributed by atoms with Crippen LogP contribution in [0.1, 0.15) is 52.0 Å². The number of nitrogens with zero attached hydrogens (tertiary/aromatic N) is 1. The van der Waals surface area contributed by atoms with Gasteiger partial charge in [0.1, 0.15) is 5.75 Å². The molecule has 1 atom stereocenters. The zero-order chi connectivity index (χ0) is 13.7. The van der Waals surface area contributed by atoms with Crippen LogP contribution in [0.5, 0.6) is 5.75 Å². The minimum atomic E-state index is 0.0522. The maximum Gasteiger partial charge on any atom is 0.137 e. The van der Waals surface area contributed by atoms with Crippen molar-refractivity contribution in [2.24, 2.45) is 5.92 Å². The molecule has 0 spiro atoms. The molecule has 0 bridgehead atoms. The second kappa shape index (κ2) is 6.38. The Balaban J connectivity index is 2.34. The van der Waals surface area contributed by atoms with Crippen LogP contribution in [0.2, 0.25) is 0 Å². The Kier molecular flexibility index (Phi) is 4.81. The molecular formula is C16H26N2O. The Morgan fingerprint density at radius 3 is 2.89 bits per heavy atom. The quantitative estimate of drug-likeness (QED) is 0.902. The van der Waals surface area contributed by atoms with Gasteiger partial charge in [-0.15, -0.1) is 0 Å². The average molecular weight is 262 g/mol. The van der Waals surface area contributed by atoms with Crippen LogP contribution in [0.4, 0.5) is 0 Å². The van der Waals surface area contributed by atoms with E-state index >= 15 is 0 Å². The molecule has 0 aliphatic carbocycles. The summed E-state index contributed by atoms with van der Waals surface area (Å²) in [6.07, 6.45) is 8.86. The first-order valence-electron chi connectivity index (χ1n) is 7.52. The third kappa shape index (κ3) is 3.08. The lowest BCUT2D eigenvalue weighted by atomic mass is 9.77. The maximum atomic E-state index is 5.60. The van der Waals surface area contributed by atoms with E-state index in [1.54, 1.807) is 6.20 Å². The Morgan fingerprint density at radius 2 is 2.16 bits per heavy atom. The summed E-state index contributed by atoms with van der Waals surface area (Å²) in [5.41, 5.74) is 1.33. The van der Waals surface area contributed by atoms with Gasteiger partial charge in [0.05, 0.1) is 12.8 Å². The summed E-state index contributed by atoms with van der Waals surface area (Å²) in [6, 6.07) is 2.16. The van der Waals surface area contributed by atoms with Gasteiger partial charge in [0, 0.05) is 11.7 Å². The van der Waals surface area contributed by atoms with E-state index in [1.165, 1.54) is 31.2 Å². The molecule has 1 aliphatic heterocycles. The van der Waals surface area contributed by atoms with Crippen molar-refractivity contribution < 1.29 is 4.74 Å². The van der Waals surface area contributed by atoms with Gasteiger partial charge in [0.2, 0.25) is 0 Å². The largest absolute Gasteiger partial charge is 0.492 e. The van der Waals surface area contributed by atoms with Crippen LogP contribution in [0.15, 0.2) is 18.5 Å². The van der Waals surface area contributed by atoms with Crippen molar-refractivity contribution in [2.45, 2.75) is 52.0 Å². The molecule has 2 heterocycles. The van der Waals surface area contributed by atoms with Gasteiger partial charge in [-0.2, -0.15) is 0 Å². The van der Waals surface area contributed by atoms with Crippen molar-refractivity contribution in [3.05, 3.63) is 24.0 Å². The van der Waals surface area contributed by atoms with Gasteiger partial charge in [0.15, 0.2) is 0 Å². The highest BCUT2D eigenvalue weighted by Crippen LogP contribution is 2.37. The van der Waals surface area contributed by atoms with Gasteiger partial charge in [-0.3, -0.25) is 4.98 Å². The highest BCUT2D eigenvalue weighted by atomic mass is 16.5. The zero-order valence-corrected chi connectivity index (χ0v) is 12.4. The van der Waals surface area contributed by atoms with Gasteiger partial charge >= 0.3 is 0 Å². The van der Waals surface area contributed by atoms with Crippen LogP contribution in [-0.2, 0) is 5.54 Å². The minimum absolute atomic E-state index is 0.0522. The van der Waals surface area contributed by atoms with Crippen LogP contribution in [0.3, 0.4) is 0 Å². The van der Waals surface area contributed by atoms with Crippen LogP contribution in [-0.4, -0.2) is 18.1 Å². The molecule has 3 nitrogen and oxygen atoms in total. The first-order valence-corrected chi connectivity index (χ1v) is 7.52. The lowest BCUT2D eigenvalue weighted by Gasteiger charge is -2.38. The van der Waals surface area contributed by atoms with Crippen molar-refractivity contribution in [1.29, 1.82) is 0 Å². The average Bonchev–Trinajstić information content (AvgIpc) is 2.66. The van der Waals surface area contributed by atoms with E-state index in [-0.39, 0.29) is 5.54 Å². The number of aromatic nitrogens is 1. The van der Waals surface area contributed by atoms with Crippen LogP contribution >= 0.6 is 0 Å². The predicted molar refractivity (Wildman–Crippen MR) is 78.4 cm³/mol. The Morgan fingerprint density at radius 1 is 1.32 bits per heavy atom. The maximum absolute atomic E-state index is 5.60. The van der Waals surface area contributed by atoms with E-state index in [4.69, 9.17) is 4.74 Å². The Bertz CT molecular complexity index is 395. The van der Waals surface area contributed by atoms with E-state index < -0.39 is 0 Å². The van der Waals surface area contributed by atoms with Crippen molar-refractivity contribution in [2.75, 3.05) is 13.2 Å². The minimum Gasteiger partial charge on any atom is -0.492 e. The first-order chi connectivity index (χ1) is 9.19. The van der Waals surface area contributed by atoms with E-state index in [0.717, 1.165) is 12.3 Å². The summed E-state index contributed by atoms with van der Waals surface area (Å²) >= 11 is 0. The van der Waals surface area contributed by atoms with Crippen molar-refractivity contribution in [3.8, 4) is 5.75 Å². The van der Waals surface area contributed by atoms with E-state index in [9.17, 15) is 0 Å². The number of rotatable bonds is 4. The number of nitrogens with one attached hydrogen (secondary N) is 1. The summed E-state index contributed by atoms with van der Waals surface area (Å²) in [4.78, 5) is 4.37. The predicted octanol–water partition coefficient (Wildman–Crippen LogP) is 3.50. The van der Waals surface area contributed by atoms with Gasteiger partial charge < -0.3 is 10.1 Å². The van der Waals surface area contributed by atoms with Gasteiger partial charge in [-0.05, 0) is 43.9 Å². The molecule has 1 aliphatic rings. The van der Waals surface area contributed by atoms with Crippen molar-refractivity contribution in [1.82, 2.24) is 10.3 Å². The molecule has 0 aromatic carbocycles. The van der Waals surface area contributed by atoms with Gasteiger partial charge in [-0.25, -0.2) is 0 Å². The molecule has 0 radical (unpaired) electrons. The number of hydrogen-bond donors (Lipinski definition) is 1. The highest BCUT2D eigenvalue weighted by molar-refractivity contribution is 5.30. The molecule has 2 rings (SSSR count). The highest BCUT2D eigenvalue weighted by Gasteiger charge is 2.36. The molecule has 1 saturated heterocycles. The molecule has 1 N–H and O–H groups in total. The van der Waals surface area contributed by atoms with Gasteiger partial charge in [0.25, 0.3) is 0 Å². The second-order valence-corrected chi connectivity index (χ2v) is 5.71.